The largest absolute Gasteiger partial charge is 0.480 e. The molecule has 0 aromatic heterocycles. The highest BCUT2D eigenvalue weighted by Crippen LogP contribution is 2.35. The molecule has 1 amide bonds. The molecule has 0 aliphatic carbocycles. The quantitative estimate of drug-likeness (QED) is 0.859. The van der Waals surface area contributed by atoms with E-state index in [1.165, 1.54) is 18.2 Å². The molecule has 0 spiro atoms. The first-order chi connectivity index (χ1) is 9.20. The summed E-state index contributed by atoms with van der Waals surface area (Å²) in [5.41, 5.74) is -0.270. The van der Waals surface area contributed by atoms with E-state index in [0.717, 1.165) is 4.90 Å². The number of hydrogen-bond acceptors (Lipinski definition) is 3. The van der Waals surface area contributed by atoms with E-state index >= 15 is 0 Å². The van der Waals surface area contributed by atoms with Crippen LogP contribution in [0.3, 0.4) is 0 Å². The van der Waals surface area contributed by atoms with Gasteiger partial charge in [-0.15, -0.1) is 0 Å². The number of halogens is 1. The third kappa shape index (κ3) is 2.59. The molecule has 0 unspecified atom stereocenters. The van der Waals surface area contributed by atoms with Crippen molar-refractivity contribution >= 4 is 17.7 Å². The third-order valence-corrected chi connectivity index (χ3v) is 2.94. The van der Waals surface area contributed by atoms with Gasteiger partial charge in [0.15, 0.2) is 0 Å². The lowest BCUT2D eigenvalue weighted by atomic mass is 10.1. The topological polar surface area (TPSA) is 66.8 Å². The lowest BCUT2D eigenvalue weighted by Crippen LogP contribution is -2.45. The summed E-state index contributed by atoms with van der Waals surface area (Å²) in [6.45, 7) is 5.05. The van der Waals surface area contributed by atoms with Gasteiger partial charge in [-0.25, -0.2) is 14.0 Å². The number of fused-ring (bicyclic) bond motifs is 1. The van der Waals surface area contributed by atoms with Crippen molar-refractivity contribution in [3.63, 3.8) is 0 Å². The molecule has 1 aliphatic rings. The number of carbonyl (C=O) groups excluding carboxylic acids is 1. The molecule has 108 valence electrons. The first-order valence-electron chi connectivity index (χ1n) is 6.23. The Kier molecular flexibility index (Phi) is 3.41. The fourth-order valence-corrected chi connectivity index (χ4v) is 2.16. The zero-order valence-electron chi connectivity index (χ0n) is 11.5. The summed E-state index contributed by atoms with van der Waals surface area (Å²) in [6.07, 6.45) is -0.842. The highest BCUT2D eigenvalue weighted by Gasteiger charge is 2.41. The molecule has 20 heavy (non-hydrogen) atoms. The van der Waals surface area contributed by atoms with Crippen molar-refractivity contribution in [1.82, 2.24) is 0 Å². The Morgan fingerprint density at radius 3 is 2.60 bits per heavy atom. The van der Waals surface area contributed by atoms with Crippen LogP contribution in [0.5, 0.6) is 0 Å². The summed E-state index contributed by atoms with van der Waals surface area (Å²) >= 11 is 0. The van der Waals surface area contributed by atoms with Gasteiger partial charge in [0.2, 0.25) is 0 Å². The molecular weight excluding hydrogens is 265 g/mol. The Morgan fingerprint density at radius 2 is 2.05 bits per heavy atom. The number of nitrogens with zero attached hydrogens (tertiary/aromatic N) is 1. The third-order valence-electron chi connectivity index (χ3n) is 2.94. The summed E-state index contributed by atoms with van der Waals surface area (Å²) < 4.78 is 18.9. The Labute approximate surface area is 116 Å². The molecule has 0 fully saturated rings. The molecule has 1 aromatic carbocycles. The summed E-state index contributed by atoms with van der Waals surface area (Å²) in [5, 5.41) is 9.22. The maximum absolute atomic E-state index is 13.7. The van der Waals surface area contributed by atoms with Crippen molar-refractivity contribution in [2.24, 2.45) is 0 Å². The van der Waals surface area contributed by atoms with Crippen molar-refractivity contribution in [3.8, 4) is 0 Å². The number of ether oxygens (including phenoxy) is 1. The Balaban J connectivity index is 2.41. The number of rotatable bonds is 1. The number of carboxylic acids is 1. The van der Waals surface area contributed by atoms with Gasteiger partial charge in [0, 0.05) is 12.0 Å². The van der Waals surface area contributed by atoms with Gasteiger partial charge in [0.25, 0.3) is 0 Å². The number of benzene rings is 1. The zero-order chi connectivity index (χ0) is 15.1. The molecule has 0 radical (unpaired) electrons. The Morgan fingerprint density at radius 1 is 1.40 bits per heavy atom. The highest BCUT2D eigenvalue weighted by atomic mass is 19.1. The van der Waals surface area contributed by atoms with Crippen molar-refractivity contribution in [2.75, 3.05) is 4.90 Å². The van der Waals surface area contributed by atoms with Crippen LogP contribution in [0.15, 0.2) is 18.2 Å². The maximum atomic E-state index is 13.7. The van der Waals surface area contributed by atoms with Gasteiger partial charge in [-0.1, -0.05) is 6.07 Å². The van der Waals surface area contributed by atoms with E-state index in [9.17, 15) is 19.1 Å². The van der Waals surface area contributed by atoms with Gasteiger partial charge >= 0.3 is 12.1 Å². The minimum Gasteiger partial charge on any atom is -0.480 e. The second kappa shape index (κ2) is 4.77. The summed E-state index contributed by atoms with van der Waals surface area (Å²) in [4.78, 5) is 24.5. The zero-order valence-corrected chi connectivity index (χ0v) is 11.5. The summed E-state index contributed by atoms with van der Waals surface area (Å²) in [5.74, 6) is -1.70. The first kappa shape index (κ1) is 14.3. The number of carbonyl (C=O) groups is 2. The molecular formula is C14H16FNO4. The van der Waals surface area contributed by atoms with E-state index in [1.54, 1.807) is 20.8 Å². The number of amides is 1. The van der Waals surface area contributed by atoms with Crippen LogP contribution in [-0.2, 0) is 16.0 Å². The summed E-state index contributed by atoms with van der Waals surface area (Å²) in [6, 6.07) is 3.06. The Hall–Kier alpha value is -2.11. The molecule has 1 heterocycles. The second-order valence-corrected chi connectivity index (χ2v) is 5.65. The highest BCUT2D eigenvalue weighted by molar-refractivity contribution is 5.98. The Bertz CT molecular complexity index is 565. The molecule has 1 N–H and O–H groups in total. The SMILES string of the molecule is CC(C)(C)OC(=O)N1c2cccc(F)c2C[C@H]1C(=O)O. The van der Waals surface area contributed by atoms with Crippen LogP contribution in [0.4, 0.5) is 14.9 Å². The molecule has 0 saturated carbocycles. The van der Waals surface area contributed by atoms with Crippen LogP contribution in [0, 0.1) is 5.82 Å². The average Bonchev–Trinajstić information content (AvgIpc) is 2.67. The van der Waals surface area contributed by atoms with Gasteiger partial charge in [0.1, 0.15) is 17.5 Å². The first-order valence-corrected chi connectivity index (χ1v) is 6.23. The lowest BCUT2D eigenvalue weighted by Gasteiger charge is -2.27. The van der Waals surface area contributed by atoms with Crippen LogP contribution in [0.25, 0.3) is 0 Å². The number of aliphatic carboxylic acids is 1. The molecule has 1 aromatic rings. The van der Waals surface area contributed by atoms with Crippen LogP contribution >= 0.6 is 0 Å². The van der Waals surface area contributed by atoms with E-state index in [1.807, 2.05) is 0 Å². The molecule has 1 aliphatic heterocycles. The number of hydrogen-bond donors (Lipinski definition) is 1. The fraction of sp³-hybridized carbons (Fsp3) is 0.429. The monoisotopic (exact) mass is 281 g/mol. The van der Waals surface area contributed by atoms with Crippen LogP contribution in [0.2, 0.25) is 0 Å². The van der Waals surface area contributed by atoms with Gasteiger partial charge in [-0.3, -0.25) is 4.90 Å². The van der Waals surface area contributed by atoms with Crippen LogP contribution in [-0.4, -0.2) is 28.8 Å². The predicted octanol–water partition coefficient (Wildman–Crippen LogP) is 2.58. The van der Waals surface area contributed by atoms with Crippen molar-refractivity contribution < 1.29 is 23.8 Å². The van der Waals surface area contributed by atoms with E-state index in [2.05, 4.69) is 0 Å². The van der Waals surface area contributed by atoms with Gasteiger partial charge in [0.05, 0.1) is 5.69 Å². The maximum Gasteiger partial charge on any atom is 0.415 e. The van der Waals surface area contributed by atoms with Crippen molar-refractivity contribution in [1.29, 1.82) is 0 Å². The van der Waals surface area contributed by atoms with Gasteiger partial charge < -0.3 is 9.84 Å². The standard InChI is InChI=1S/C14H16FNO4/c1-14(2,3)20-13(19)16-10-6-4-5-9(15)8(10)7-11(16)12(17)18/h4-6,11H,7H2,1-3H3,(H,17,18)/t11-/m0/s1. The van der Waals surface area contributed by atoms with E-state index in [0.29, 0.717) is 0 Å². The van der Waals surface area contributed by atoms with E-state index in [-0.39, 0.29) is 17.7 Å². The lowest BCUT2D eigenvalue weighted by molar-refractivity contribution is -0.138. The molecule has 0 bridgehead atoms. The van der Waals surface area contributed by atoms with E-state index < -0.39 is 29.5 Å². The van der Waals surface area contributed by atoms with Crippen LogP contribution < -0.4 is 4.90 Å². The van der Waals surface area contributed by atoms with Crippen LogP contribution in [0.1, 0.15) is 26.3 Å². The minimum absolute atomic E-state index is 0.0589. The van der Waals surface area contributed by atoms with Crippen molar-refractivity contribution in [2.45, 2.75) is 38.8 Å². The number of carboxylic acid groups (broad SMARTS) is 1. The summed E-state index contributed by atoms with van der Waals surface area (Å²) in [7, 11) is 0. The molecule has 5 nitrogen and oxygen atoms in total. The minimum atomic E-state index is -1.19. The van der Waals surface area contributed by atoms with Crippen molar-refractivity contribution in [3.05, 3.63) is 29.6 Å². The molecule has 6 heteroatoms. The predicted molar refractivity (Wildman–Crippen MR) is 70.2 cm³/mol. The number of anilines is 1. The molecule has 2 rings (SSSR count). The van der Waals surface area contributed by atoms with Gasteiger partial charge in [-0.05, 0) is 32.9 Å². The van der Waals surface area contributed by atoms with E-state index in [4.69, 9.17) is 4.74 Å². The normalized spacial score (nSPS) is 17.8. The molecule has 0 saturated heterocycles. The fourth-order valence-electron chi connectivity index (χ4n) is 2.16. The average molecular weight is 281 g/mol. The molecule has 1 atom stereocenters. The smallest absolute Gasteiger partial charge is 0.415 e. The van der Waals surface area contributed by atoms with Gasteiger partial charge in [-0.2, -0.15) is 0 Å². The second-order valence-electron chi connectivity index (χ2n) is 5.65.